The van der Waals surface area contributed by atoms with E-state index in [1.54, 1.807) is 12.1 Å². The number of phenols is 1. The lowest BCUT2D eigenvalue weighted by atomic mass is 10.0. The highest BCUT2D eigenvalue weighted by atomic mass is 79.9. The van der Waals surface area contributed by atoms with Crippen molar-refractivity contribution in [1.82, 2.24) is 10.2 Å². The van der Waals surface area contributed by atoms with E-state index in [0.717, 1.165) is 48.2 Å². The van der Waals surface area contributed by atoms with Crippen LogP contribution in [0.2, 0.25) is 0 Å². The Hall–Kier alpha value is -2.41. The summed E-state index contributed by atoms with van der Waals surface area (Å²) in [6.07, 6.45) is 4.78. The molecule has 2 aromatic carbocycles. The maximum absolute atomic E-state index is 13.0. The van der Waals surface area contributed by atoms with Crippen molar-refractivity contribution in [2.75, 3.05) is 26.2 Å². The number of nitrogens with one attached hydrogen (secondary N) is 1. The second kappa shape index (κ2) is 7.44. The van der Waals surface area contributed by atoms with Gasteiger partial charge in [-0.1, -0.05) is 28.1 Å². The minimum Gasteiger partial charge on any atom is -0.507 e. The predicted molar refractivity (Wildman–Crippen MR) is 115 cm³/mol. The number of halogens is 1. The van der Waals surface area contributed by atoms with Gasteiger partial charge in [-0.05, 0) is 53.5 Å². The van der Waals surface area contributed by atoms with Crippen molar-refractivity contribution in [3.05, 3.63) is 75.0 Å². The molecule has 0 radical (unpaired) electrons. The number of carbonyl (C=O) groups excluding carboxylic acids is 1. The minimum absolute atomic E-state index is 0.133. The molecule has 2 heterocycles. The molecule has 2 N–H and O–H groups in total. The molecule has 5 nitrogen and oxygen atoms in total. The molecule has 0 saturated carbocycles. The molecular weight excluding hydrogens is 432 g/mol. The van der Waals surface area contributed by atoms with Crippen molar-refractivity contribution in [3.63, 3.8) is 0 Å². The lowest BCUT2D eigenvalue weighted by molar-refractivity contribution is 0.101. The SMILES string of the molecule is O=C1/C(=C/C2=CCc3ccc(Br)cc32)Oc2c1ccc(O)c2CN1CCNCC1. The van der Waals surface area contributed by atoms with Gasteiger partial charge < -0.3 is 15.2 Å². The number of allylic oxidation sites excluding steroid dienone is 4. The Morgan fingerprint density at radius 1 is 1.17 bits per heavy atom. The van der Waals surface area contributed by atoms with Crippen molar-refractivity contribution >= 4 is 27.3 Å². The molecule has 29 heavy (non-hydrogen) atoms. The van der Waals surface area contributed by atoms with Crippen LogP contribution in [-0.4, -0.2) is 42.0 Å². The molecule has 0 bridgehead atoms. The Bertz CT molecular complexity index is 1070. The molecule has 1 fully saturated rings. The number of rotatable bonds is 3. The van der Waals surface area contributed by atoms with E-state index >= 15 is 0 Å². The van der Waals surface area contributed by atoms with Crippen LogP contribution in [0.1, 0.15) is 27.0 Å². The first-order valence-corrected chi connectivity index (χ1v) is 10.6. The molecule has 3 aliphatic rings. The molecule has 0 atom stereocenters. The van der Waals surface area contributed by atoms with Gasteiger partial charge in [0, 0.05) is 37.2 Å². The molecule has 6 heteroatoms. The smallest absolute Gasteiger partial charge is 0.231 e. The topological polar surface area (TPSA) is 61.8 Å². The molecule has 148 valence electrons. The van der Waals surface area contributed by atoms with Crippen LogP contribution >= 0.6 is 15.9 Å². The van der Waals surface area contributed by atoms with Crippen molar-refractivity contribution in [3.8, 4) is 11.5 Å². The normalized spacial score (nSPS) is 19.8. The fourth-order valence-corrected chi connectivity index (χ4v) is 4.51. The van der Waals surface area contributed by atoms with Gasteiger partial charge in [-0.15, -0.1) is 0 Å². The zero-order valence-corrected chi connectivity index (χ0v) is 17.5. The van der Waals surface area contributed by atoms with Crippen molar-refractivity contribution < 1.29 is 14.6 Å². The van der Waals surface area contributed by atoms with E-state index in [0.29, 0.717) is 29.2 Å². The Morgan fingerprint density at radius 2 is 2.00 bits per heavy atom. The number of Topliss-reactive ketones (excluding diaryl/α,β-unsaturated/α-hetero) is 1. The number of ether oxygens (including phenoxy) is 1. The lowest BCUT2D eigenvalue weighted by Crippen LogP contribution is -2.42. The van der Waals surface area contributed by atoms with Crippen LogP contribution in [0.25, 0.3) is 5.57 Å². The average Bonchev–Trinajstić information content (AvgIpc) is 3.26. The summed E-state index contributed by atoms with van der Waals surface area (Å²) in [5.41, 5.74) is 4.55. The van der Waals surface area contributed by atoms with Gasteiger partial charge in [0.05, 0.1) is 11.1 Å². The first-order chi connectivity index (χ1) is 14.1. The molecule has 0 spiro atoms. The molecule has 5 rings (SSSR count). The van der Waals surface area contributed by atoms with Crippen LogP contribution < -0.4 is 10.1 Å². The lowest BCUT2D eigenvalue weighted by Gasteiger charge is -2.27. The molecule has 0 amide bonds. The van der Waals surface area contributed by atoms with Gasteiger partial charge in [0.25, 0.3) is 0 Å². The van der Waals surface area contributed by atoms with Gasteiger partial charge in [-0.3, -0.25) is 9.69 Å². The third-order valence-electron chi connectivity index (χ3n) is 5.72. The van der Waals surface area contributed by atoms with E-state index in [4.69, 9.17) is 4.74 Å². The van der Waals surface area contributed by atoms with Gasteiger partial charge in [-0.2, -0.15) is 0 Å². The third kappa shape index (κ3) is 3.41. The maximum atomic E-state index is 13.0. The molecule has 2 aromatic rings. The Balaban J connectivity index is 1.46. The maximum Gasteiger partial charge on any atom is 0.231 e. The summed E-state index contributed by atoms with van der Waals surface area (Å²) in [5, 5.41) is 13.8. The van der Waals surface area contributed by atoms with Gasteiger partial charge in [0.2, 0.25) is 5.78 Å². The monoisotopic (exact) mass is 452 g/mol. The quantitative estimate of drug-likeness (QED) is 0.695. The molecule has 1 saturated heterocycles. The summed E-state index contributed by atoms with van der Waals surface area (Å²) in [7, 11) is 0. The Kier molecular flexibility index (Phi) is 4.78. The summed E-state index contributed by atoms with van der Waals surface area (Å²) < 4.78 is 7.04. The highest BCUT2D eigenvalue weighted by Gasteiger charge is 2.32. The van der Waals surface area contributed by atoms with Crippen molar-refractivity contribution in [1.29, 1.82) is 0 Å². The molecule has 1 aliphatic carbocycles. The van der Waals surface area contributed by atoms with Gasteiger partial charge >= 0.3 is 0 Å². The average molecular weight is 453 g/mol. The molecule has 0 unspecified atom stereocenters. The van der Waals surface area contributed by atoms with Crippen LogP contribution in [0.15, 0.2) is 52.7 Å². The number of nitrogens with zero attached hydrogens (tertiary/aromatic N) is 1. The standard InChI is InChI=1S/C23H21BrN2O3/c24-16-4-3-14-1-2-15(18(14)12-16)11-21-22(28)17-5-6-20(27)19(23(17)29-21)13-26-9-7-25-8-10-26/h2-6,11-12,25,27H,1,7-10,13H2/b21-11-. The third-order valence-corrected chi connectivity index (χ3v) is 6.21. The highest BCUT2D eigenvalue weighted by molar-refractivity contribution is 9.10. The van der Waals surface area contributed by atoms with Gasteiger partial charge in [0.1, 0.15) is 11.5 Å². The largest absolute Gasteiger partial charge is 0.507 e. The highest BCUT2D eigenvalue weighted by Crippen LogP contribution is 2.41. The molecule has 0 aromatic heterocycles. The van der Waals surface area contributed by atoms with Crippen LogP contribution in [0.3, 0.4) is 0 Å². The van der Waals surface area contributed by atoms with E-state index in [1.807, 2.05) is 12.1 Å². The van der Waals surface area contributed by atoms with E-state index in [1.165, 1.54) is 5.56 Å². The Labute approximate surface area is 177 Å². The fourth-order valence-electron chi connectivity index (χ4n) is 4.15. The van der Waals surface area contributed by atoms with Crippen LogP contribution in [0, 0.1) is 0 Å². The van der Waals surface area contributed by atoms with E-state index in [-0.39, 0.29) is 11.5 Å². The number of hydrogen-bond acceptors (Lipinski definition) is 5. The minimum atomic E-state index is -0.133. The van der Waals surface area contributed by atoms with Gasteiger partial charge in [-0.25, -0.2) is 0 Å². The zero-order valence-electron chi connectivity index (χ0n) is 15.9. The number of fused-ring (bicyclic) bond motifs is 2. The zero-order chi connectivity index (χ0) is 20.0. The van der Waals surface area contributed by atoms with Crippen molar-refractivity contribution in [2.45, 2.75) is 13.0 Å². The summed E-state index contributed by atoms with van der Waals surface area (Å²) in [4.78, 5) is 15.2. The first-order valence-electron chi connectivity index (χ1n) is 9.81. The number of aromatic hydroxyl groups is 1. The number of carbonyl (C=O) groups is 1. The summed E-state index contributed by atoms with van der Waals surface area (Å²) >= 11 is 3.52. The summed E-state index contributed by atoms with van der Waals surface area (Å²) in [6.45, 7) is 4.21. The van der Waals surface area contributed by atoms with Crippen LogP contribution in [0.4, 0.5) is 0 Å². The fraction of sp³-hybridized carbons (Fsp3) is 0.261. The van der Waals surface area contributed by atoms with Gasteiger partial charge in [0.15, 0.2) is 5.76 Å². The van der Waals surface area contributed by atoms with Crippen molar-refractivity contribution in [2.24, 2.45) is 0 Å². The van der Waals surface area contributed by atoms with E-state index < -0.39 is 0 Å². The summed E-state index contributed by atoms with van der Waals surface area (Å²) in [5.74, 6) is 0.843. The number of phenolic OH excluding ortho intramolecular Hbond substituents is 1. The number of hydrogen-bond donors (Lipinski definition) is 2. The van der Waals surface area contributed by atoms with E-state index in [9.17, 15) is 9.90 Å². The number of piperazine rings is 1. The Morgan fingerprint density at radius 3 is 2.83 bits per heavy atom. The number of ketones is 1. The second-order valence-electron chi connectivity index (χ2n) is 7.57. The van der Waals surface area contributed by atoms with Crippen LogP contribution in [-0.2, 0) is 13.0 Å². The molecule has 2 aliphatic heterocycles. The van der Waals surface area contributed by atoms with E-state index in [2.05, 4.69) is 44.4 Å². The van der Waals surface area contributed by atoms with Crippen LogP contribution in [0.5, 0.6) is 11.5 Å². The number of benzene rings is 2. The first kappa shape index (κ1) is 18.6. The predicted octanol–water partition coefficient (Wildman–Crippen LogP) is 3.66. The molecular formula is C23H21BrN2O3. The summed E-state index contributed by atoms with van der Waals surface area (Å²) in [6, 6.07) is 9.45. The second-order valence-corrected chi connectivity index (χ2v) is 8.49.